The topological polar surface area (TPSA) is 52.1 Å². The van der Waals surface area contributed by atoms with E-state index in [9.17, 15) is 0 Å². The fourth-order valence-corrected chi connectivity index (χ4v) is 1.21. The second-order valence-corrected chi connectivity index (χ2v) is 3.20. The molecule has 3 rings (SSSR count). The minimum Gasteiger partial charge on any atom is -0.599 e. The number of furan rings is 1. The minimum absolute atomic E-state index is 0. The molecular weight excluding hydrogens is 305 g/mol. The van der Waals surface area contributed by atoms with Gasteiger partial charge in [0.2, 0.25) is 0 Å². The molecule has 0 aliphatic heterocycles. The predicted molar refractivity (Wildman–Crippen MR) is 59.9 cm³/mol. The Kier molecular flexibility index (Phi) is 7.22. The van der Waals surface area contributed by atoms with E-state index in [-0.39, 0.29) is 32.7 Å². The Morgan fingerprint density at radius 1 is 1.11 bits per heavy atom. The van der Waals surface area contributed by atoms with Crippen LogP contribution in [0, 0.1) is 12.7 Å². The zero-order chi connectivity index (χ0) is 11.8. The molecule has 0 saturated carbocycles. The van der Waals surface area contributed by atoms with Crippen LogP contribution in [-0.2, 0) is 39.1 Å². The molecule has 4 nitrogen and oxygen atoms in total. The Morgan fingerprint density at radius 3 is 2.44 bits per heavy atom. The Morgan fingerprint density at radius 2 is 1.94 bits per heavy atom. The van der Waals surface area contributed by atoms with Gasteiger partial charge in [0.05, 0.1) is 6.39 Å². The summed E-state index contributed by atoms with van der Waals surface area (Å²) in [6.45, 7) is 0. The first-order valence-electron chi connectivity index (χ1n) is 5.07. The van der Waals surface area contributed by atoms with E-state index in [2.05, 4.69) is 31.7 Å². The summed E-state index contributed by atoms with van der Waals surface area (Å²) in [7, 11) is 0. The Bertz CT molecular complexity index is 478. The molecule has 0 aliphatic carbocycles. The molecule has 0 spiro atoms. The molecule has 18 heavy (non-hydrogen) atoms. The van der Waals surface area contributed by atoms with E-state index < -0.39 is 0 Å². The van der Waals surface area contributed by atoms with Gasteiger partial charge in [0.15, 0.2) is 0 Å². The summed E-state index contributed by atoms with van der Waals surface area (Å²) in [5.74, 6) is 0.668. The van der Waals surface area contributed by atoms with Crippen LogP contribution in [0.25, 0.3) is 0 Å². The van der Waals surface area contributed by atoms with Crippen molar-refractivity contribution in [2.45, 2.75) is 6.42 Å². The summed E-state index contributed by atoms with van der Waals surface area (Å²) in [6, 6.07) is 13.5. The summed E-state index contributed by atoms with van der Waals surface area (Å²) in [5, 5.41) is 3.67. The van der Waals surface area contributed by atoms with E-state index in [1.807, 2.05) is 30.3 Å². The normalized spacial score (nSPS) is 8.89. The van der Waals surface area contributed by atoms with Crippen molar-refractivity contribution in [2.24, 2.45) is 0 Å². The molecule has 0 fully saturated rings. The fraction of sp³-hybridized carbons (Fsp3) is 0.0769. The number of hydrogen-bond acceptors (Lipinski definition) is 4. The molecular formula is C13H10N2O2Y-2. The maximum absolute atomic E-state index is 4.50. The average molecular weight is 315 g/mol. The van der Waals surface area contributed by atoms with Gasteiger partial charge in [-0.25, -0.2) is 0 Å². The van der Waals surface area contributed by atoms with Crippen LogP contribution in [0.15, 0.2) is 57.7 Å². The van der Waals surface area contributed by atoms with Crippen molar-refractivity contribution in [2.75, 3.05) is 0 Å². The van der Waals surface area contributed by atoms with Gasteiger partial charge in [0.1, 0.15) is 0 Å². The Labute approximate surface area is 130 Å². The molecule has 1 aromatic carbocycles. The third-order valence-electron chi connectivity index (χ3n) is 1.95. The summed E-state index contributed by atoms with van der Waals surface area (Å²) in [4.78, 5) is 3.81. The third-order valence-corrected chi connectivity index (χ3v) is 1.95. The molecule has 2 heterocycles. The second kappa shape index (κ2) is 8.78. The first kappa shape index (κ1) is 14.8. The van der Waals surface area contributed by atoms with E-state index in [1.54, 1.807) is 18.4 Å². The van der Waals surface area contributed by atoms with Crippen LogP contribution in [0.1, 0.15) is 11.4 Å². The van der Waals surface area contributed by atoms with E-state index in [0.29, 0.717) is 12.2 Å². The van der Waals surface area contributed by atoms with Gasteiger partial charge in [-0.15, -0.1) is 6.07 Å². The van der Waals surface area contributed by atoms with Crippen molar-refractivity contribution in [1.82, 2.24) is 10.1 Å². The fourth-order valence-electron chi connectivity index (χ4n) is 1.21. The number of benzene rings is 1. The first-order valence-corrected chi connectivity index (χ1v) is 5.07. The second-order valence-electron chi connectivity index (χ2n) is 3.20. The standard InChI is InChI=1S/C9H7N2O.C4H3O.Y/c1-2-4-8(5-3-1)6-9-10-7-12-11-9;1-2-4-5-3-1;/h1-5H,6H2;1-3H;/q2*-1;. The first-order chi connectivity index (χ1) is 8.45. The van der Waals surface area contributed by atoms with Crippen molar-refractivity contribution in [1.29, 1.82) is 0 Å². The zero-order valence-electron chi connectivity index (χ0n) is 9.61. The maximum Gasteiger partial charge on any atom is 0.0687 e. The van der Waals surface area contributed by atoms with Gasteiger partial charge < -0.3 is 13.9 Å². The van der Waals surface area contributed by atoms with Gasteiger partial charge in [-0.2, -0.15) is 11.2 Å². The molecule has 0 N–H and O–H groups in total. The van der Waals surface area contributed by atoms with Crippen LogP contribution < -0.4 is 0 Å². The van der Waals surface area contributed by atoms with E-state index >= 15 is 0 Å². The van der Waals surface area contributed by atoms with Crippen LogP contribution in [0.2, 0.25) is 0 Å². The minimum atomic E-state index is 0. The van der Waals surface area contributed by atoms with Gasteiger partial charge >= 0.3 is 0 Å². The monoisotopic (exact) mass is 315 g/mol. The van der Waals surface area contributed by atoms with Crippen molar-refractivity contribution < 1.29 is 41.6 Å². The molecule has 3 aromatic rings. The summed E-state index contributed by atoms with van der Waals surface area (Å²) >= 11 is 0. The third kappa shape index (κ3) is 5.38. The number of nitrogens with zero attached hydrogens (tertiary/aromatic N) is 2. The summed E-state index contributed by atoms with van der Waals surface area (Å²) < 4.78 is 8.96. The SMILES string of the molecule is [Y].[c-]1ccco1.[c-]1nc(Cc2ccccc2)no1. The average Bonchev–Trinajstić information content (AvgIpc) is 3.06. The maximum atomic E-state index is 4.50. The molecule has 0 saturated heterocycles. The largest absolute Gasteiger partial charge is 0.599 e. The number of hydrogen-bond donors (Lipinski definition) is 0. The van der Waals surface area contributed by atoms with Gasteiger partial charge in [0, 0.05) is 38.5 Å². The van der Waals surface area contributed by atoms with Crippen LogP contribution in [0.3, 0.4) is 0 Å². The van der Waals surface area contributed by atoms with Crippen molar-refractivity contribution >= 4 is 0 Å². The van der Waals surface area contributed by atoms with Gasteiger partial charge in [-0.3, -0.25) is 0 Å². The molecule has 0 atom stereocenters. The van der Waals surface area contributed by atoms with Gasteiger partial charge in [0.25, 0.3) is 0 Å². The van der Waals surface area contributed by atoms with E-state index in [0.717, 1.165) is 0 Å². The molecule has 1 radical (unpaired) electrons. The predicted octanol–water partition coefficient (Wildman–Crippen LogP) is 2.54. The molecule has 0 amide bonds. The van der Waals surface area contributed by atoms with Crippen molar-refractivity contribution in [3.8, 4) is 0 Å². The number of rotatable bonds is 2. The molecule has 89 valence electrons. The van der Waals surface area contributed by atoms with Crippen LogP contribution in [-0.4, -0.2) is 10.1 Å². The smallest absolute Gasteiger partial charge is 0.0687 e. The molecule has 5 heteroatoms. The van der Waals surface area contributed by atoms with Crippen molar-refractivity contribution in [3.05, 3.63) is 72.8 Å². The van der Waals surface area contributed by atoms with Gasteiger partial charge in [-0.1, -0.05) is 42.2 Å². The Hall–Kier alpha value is -1.26. The summed E-state index contributed by atoms with van der Waals surface area (Å²) in [6.07, 6.45) is 7.07. The molecule has 0 aliphatic rings. The quantitative estimate of drug-likeness (QED) is 0.682. The van der Waals surface area contributed by atoms with E-state index in [1.165, 1.54) is 5.56 Å². The van der Waals surface area contributed by atoms with Crippen LogP contribution in [0.5, 0.6) is 0 Å². The van der Waals surface area contributed by atoms with Crippen molar-refractivity contribution in [3.63, 3.8) is 0 Å². The molecule has 2 aromatic heterocycles. The zero-order valence-corrected chi connectivity index (χ0v) is 12.5. The molecule has 0 unspecified atom stereocenters. The van der Waals surface area contributed by atoms with Crippen LogP contribution in [0.4, 0.5) is 0 Å². The summed E-state index contributed by atoms with van der Waals surface area (Å²) in [5.41, 5.74) is 1.17. The van der Waals surface area contributed by atoms with E-state index in [4.69, 9.17) is 0 Å². The molecule has 0 bridgehead atoms. The number of aromatic nitrogens is 2. The van der Waals surface area contributed by atoms with Crippen LogP contribution >= 0.6 is 0 Å². The van der Waals surface area contributed by atoms with Gasteiger partial charge in [-0.05, 0) is 12.7 Å². The Balaban J connectivity index is 0.000000230.